The van der Waals surface area contributed by atoms with Gasteiger partial charge in [-0.1, -0.05) is 19.1 Å². The van der Waals surface area contributed by atoms with Gasteiger partial charge in [0.25, 0.3) is 5.56 Å². The van der Waals surface area contributed by atoms with E-state index in [-0.39, 0.29) is 11.6 Å². The van der Waals surface area contributed by atoms with Crippen LogP contribution in [0.5, 0.6) is 0 Å². The van der Waals surface area contributed by atoms with E-state index in [0.717, 1.165) is 17.8 Å². The number of nitrogens with one attached hydrogen (secondary N) is 2. The number of hydrogen-bond donors (Lipinski definition) is 2. The summed E-state index contributed by atoms with van der Waals surface area (Å²) in [5.74, 6) is 0. The van der Waals surface area contributed by atoms with E-state index in [1.165, 1.54) is 16.5 Å². The largest absolute Gasteiger partial charge is 0.336 e. The lowest BCUT2D eigenvalue weighted by Crippen LogP contribution is -2.34. The van der Waals surface area contributed by atoms with Crippen molar-refractivity contribution in [3.05, 3.63) is 57.8 Å². The van der Waals surface area contributed by atoms with Gasteiger partial charge in [0.2, 0.25) is 0 Å². The van der Waals surface area contributed by atoms with Gasteiger partial charge in [-0.05, 0) is 38.0 Å². The van der Waals surface area contributed by atoms with Gasteiger partial charge >= 0.3 is 6.03 Å². The Labute approximate surface area is 135 Å². The van der Waals surface area contributed by atoms with Crippen LogP contribution in [0.1, 0.15) is 23.7 Å². The SMILES string of the molecule is CCc1ccc(NC(=O)NCCn2cnc(C)c(C)c2=O)cc1. The topological polar surface area (TPSA) is 76.0 Å². The molecule has 0 aliphatic rings. The van der Waals surface area contributed by atoms with Crippen molar-refractivity contribution >= 4 is 11.7 Å². The van der Waals surface area contributed by atoms with E-state index in [2.05, 4.69) is 22.5 Å². The van der Waals surface area contributed by atoms with Gasteiger partial charge in [0.1, 0.15) is 0 Å². The third kappa shape index (κ3) is 4.42. The van der Waals surface area contributed by atoms with Crippen LogP contribution in [0.25, 0.3) is 0 Å². The molecule has 0 saturated heterocycles. The highest BCUT2D eigenvalue weighted by atomic mass is 16.2. The zero-order valence-electron chi connectivity index (χ0n) is 13.7. The van der Waals surface area contributed by atoms with Gasteiger partial charge in [0, 0.05) is 30.0 Å². The zero-order chi connectivity index (χ0) is 16.8. The summed E-state index contributed by atoms with van der Waals surface area (Å²) < 4.78 is 1.50. The molecule has 2 rings (SSSR count). The van der Waals surface area contributed by atoms with Crippen LogP contribution in [-0.4, -0.2) is 22.1 Å². The number of hydrogen-bond acceptors (Lipinski definition) is 3. The summed E-state index contributed by atoms with van der Waals surface area (Å²) in [4.78, 5) is 28.0. The second kappa shape index (κ2) is 7.58. The molecule has 0 bridgehead atoms. The van der Waals surface area contributed by atoms with E-state index in [1.807, 2.05) is 24.3 Å². The minimum Gasteiger partial charge on any atom is -0.336 e. The highest BCUT2D eigenvalue weighted by Crippen LogP contribution is 2.09. The normalized spacial score (nSPS) is 10.4. The molecule has 2 aromatic rings. The third-order valence-corrected chi connectivity index (χ3v) is 3.77. The summed E-state index contributed by atoms with van der Waals surface area (Å²) in [6.45, 7) is 6.37. The average Bonchev–Trinajstić information content (AvgIpc) is 2.55. The summed E-state index contributed by atoms with van der Waals surface area (Å²) in [7, 11) is 0. The van der Waals surface area contributed by atoms with Crippen LogP contribution >= 0.6 is 0 Å². The summed E-state index contributed by atoms with van der Waals surface area (Å²) in [5.41, 5.74) is 3.25. The van der Waals surface area contributed by atoms with Crippen molar-refractivity contribution in [1.29, 1.82) is 0 Å². The van der Waals surface area contributed by atoms with Crippen LogP contribution in [-0.2, 0) is 13.0 Å². The molecule has 2 N–H and O–H groups in total. The van der Waals surface area contributed by atoms with Gasteiger partial charge < -0.3 is 10.6 Å². The smallest absolute Gasteiger partial charge is 0.319 e. The lowest BCUT2D eigenvalue weighted by molar-refractivity contribution is 0.251. The highest BCUT2D eigenvalue weighted by Gasteiger charge is 2.05. The molecule has 0 saturated carbocycles. The van der Waals surface area contributed by atoms with Gasteiger partial charge in [-0.25, -0.2) is 9.78 Å². The number of urea groups is 1. The molecule has 6 heteroatoms. The second-order valence-electron chi connectivity index (χ2n) is 5.38. The molecule has 0 spiro atoms. The number of aryl methyl sites for hydroxylation is 2. The molecule has 23 heavy (non-hydrogen) atoms. The number of nitrogens with zero attached hydrogens (tertiary/aromatic N) is 2. The Kier molecular flexibility index (Phi) is 5.51. The van der Waals surface area contributed by atoms with Crippen LogP contribution in [0.15, 0.2) is 35.4 Å². The van der Waals surface area contributed by atoms with Crippen molar-refractivity contribution in [2.24, 2.45) is 0 Å². The van der Waals surface area contributed by atoms with Crippen LogP contribution in [0.2, 0.25) is 0 Å². The highest BCUT2D eigenvalue weighted by molar-refractivity contribution is 5.89. The van der Waals surface area contributed by atoms with Crippen molar-refractivity contribution in [3.63, 3.8) is 0 Å². The fraction of sp³-hybridized carbons (Fsp3) is 0.353. The standard InChI is InChI=1S/C17H22N4O2/c1-4-14-5-7-15(8-6-14)20-17(23)18-9-10-21-11-19-13(3)12(2)16(21)22/h5-8,11H,4,9-10H2,1-3H3,(H2,18,20,23). The number of carbonyl (C=O) groups is 1. The minimum absolute atomic E-state index is 0.0742. The van der Waals surface area contributed by atoms with Crippen LogP contribution in [0, 0.1) is 13.8 Å². The average molecular weight is 314 g/mol. The fourth-order valence-electron chi connectivity index (χ4n) is 2.12. The maximum Gasteiger partial charge on any atom is 0.319 e. The fourth-order valence-corrected chi connectivity index (χ4v) is 2.12. The van der Waals surface area contributed by atoms with Crippen molar-refractivity contribution < 1.29 is 4.79 Å². The molecule has 122 valence electrons. The molecular weight excluding hydrogens is 292 g/mol. The minimum atomic E-state index is -0.293. The monoisotopic (exact) mass is 314 g/mol. The van der Waals surface area contributed by atoms with E-state index >= 15 is 0 Å². The summed E-state index contributed by atoms with van der Waals surface area (Å²) in [6, 6.07) is 7.41. The summed E-state index contributed by atoms with van der Waals surface area (Å²) >= 11 is 0. The number of aromatic nitrogens is 2. The van der Waals surface area contributed by atoms with Gasteiger partial charge in [-0.2, -0.15) is 0 Å². The van der Waals surface area contributed by atoms with Crippen molar-refractivity contribution in [2.45, 2.75) is 33.7 Å². The predicted octanol–water partition coefficient (Wildman–Crippen LogP) is 2.24. The Hall–Kier alpha value is -2.63. The van der Waals surface area contributed by atoms with E-state index in [0.29, 0.717) is 18.7 Å². The maximum atomic E-state index is 12.0. The first kappa shape index (κ1) is 16.7. The van der Waals surface area contributed by atoms with E-state index < -0.39 is 0 Å². The van der Waals surface area contributed by atoms with Gasteiger partial charge in [-0.15, -0.1) is 0 Å². The van der Waals surface area contributed by atoms with E-state index in [4.69, 9.17) is 0 Å². The summed E-state index contributed by atoms with van der Waals surface area (Å²) in [6.07, 6.45) is 2.47. The number of rotatable bonds is 5. The van der Waals surface area contributed by atoms with Gasteiger partial charge in [0.15, 0.2) is 0 Å². The van der Waals surface area contributed by atoms with Crippen LogP contribution in [0.4, 0.5) is 10.5 Å². The number of anilines is 1. The molecule has 0 fully saturated rings. The lowest BCUT2D eigenvalue weighted by atomic mass is 10.1. The number of carbonyl (C=O) groups excluding carboxylic acids is 1. The quantitative estimate of drug-likeness (QED) is 0.888. The molecular formula is C17H22N4O2. The first-order valence-corrected chi connectivity index (χ1v) is 7.67. The van der Waals surface area contributed by atoms with Crippen LogP contribution < -0.4 is 16.2 Å². The molecule has 0 radical (unpaired) electrons. The summed E-state index contributed by atoms with van der Waals surface area (Å²) in [5, 5.41) is 5.49. The van der Waals surface area contributed by atoms with Crippen molar-refractivity contribution in [3.8, 4) is 0 Å². The molecule has 0 unspecified atom stereocenters. The van der Waals surface area contributed by atoms with Gasteiger partial charge in [-0.3, -0.25) is 9.36 Å². The van der Waals surface area contributed by atoms with Crippen LogP contribution in [0.3, 0.4) is 0 Å². The molecule has 1 aromatic heterocycles. The zero-order valence-corrected chi connectivity index (χ0v) is 13.7. The van der Waals surface area contributed by atoms with Gasteiger partial charge in [0.05, 0.1) is 6.33 Å². The third-order valence-electron chi connectivity index (χ3n) is 3.77. The Morgan fingerprint density at radius 1 is 1.22 bits per heavy atom. The second-order valence-corrected chi connectivity index (χ2v) is 5.38. The number of benzene rings is 1. The predicted molar refractivity (Wildman–Crippen MR) is 90.8 cm³/mol. The molecule has 1 aromatic carbocycles. The number of amides is 2. The Morgan fingerprint density at radius 2 is 1.91 bits per heavy atom. The molecule has 0 aliphatic heterocycles. The maximum absolute atomic E-state index is 12.0. The van der Waals surface area contributed by atoms with E-state index in [9.17, 15) is 9.59 Å². The molecule has 6 nitrogen and oxygen atoms in total. The van der Waals surface area contributed by atoms with Crippen molar-refractivity contribution in [1.82, 2.24) is 14.9 Å². The molecule has 0 aliphatic carbocycles. The molecule has 2 amide bonds. The Bertz CT molecular complexity index is 735. The van der Waals surface area contributed by atoms with Crippen molar-refractivity contribution in [2.75, 3.05) is 11.9 Å². The lowest BCUT2D eigenvalue weighted by Gasteiger charge is -2.10. The molecule has 0 atom stereocenters. The van der Waals surface area contributed by atoms with E-state index in [1.54, 1.807) is 13.8 Å². The first-order valence-electron chi connectivity index (χ1n) is 7.67. The Morgan fingerprint density at radius 3 is 2.57 bits per heavy atom. The Balaban J connectivity index is 1.85. The molecule has 1 heterocycles. The first-order chi connectivity index (χ1) is 11.0.